The first-order valence-corrected chi connectivity index (χ1v) is 5.00. The molecule has 0 bridgehead atoms. The summed E-state index contributed by atoms with van der Waals surface area (Å²) in [4.78, 5) is 17.3. The van der Waals surface area contributed by atoms with E-state index in [1.54, 1.807) is 24.3 Å². The largest absolute Gasteiger partial charge is 0.436 e. The summed E-state index contributed by atoms with van der Waals surface area (Å²) in [5.74, 6) is 0.271. The highest BCUT2D eigenvalue weighted by Gasteiger charge is 2.10. The van der Waals surface area contributed by atoms with E-state index in [1.807, 2.05) is 6.07 Å². The zero-order valence-corrected chi connectivity index (χ0v) is 9.23. The van der Waals surface area contributed by atoms with Gasteiger partial charge in [-0.25, -0.2) is 4.98 Å². The second kappa shape index (κ2) is 4.68. The highest BCUT2D eigenvalue weighted by Crippen LogP contribution is 2.26. The highest BCUT2D eigenvalue weighted by molar-refractivity contribution is 6.31. The fourth-order valence-corrected chi connectivity index (χ4v) is 1.33. The Morgan fingerprint density at radius 1 is 1.41 bits per heavy atom. The zero-order chi connectivity index (χ0) is 12.3. The number of benzene rings is 1. The lowest BCUT2D eigenvalue weighted by molar-refractivity contribution is 0.459. The van der Waals surface area contributed by atoms with E-state index in [2.05, 4.69) is 9.97 Å². The van der Waals surface area contributed by atoms with Crippen molar-refractivity contribution >= 4 is 11.6 Å². The molecule has 0 fully saturated rings. The van der Waals surface area contributed by atoms with Crippen LogP contribution in [0.2, 0.25) is 5.02 Å². The zero-order valence-electron chi connectivity index (χ0n) is 8.48. The van der Waals surface area contributed by atoms with Crippen LogP contribution in [0.3, 0.4) is 0 Å². The predicted octanol–water partition coefficient (Wildman–Crippen LogP) is 2.09. The van der Waals surface area contributed by atoms with E-state index in [0.29, 0.717) is 11.3 Å². The van der Waals surface area contributed by atoms with Gasteiger partial charge in [0.25, 0.3) is 5.56 Å². The third-order valence-electron chi connectivity index (χ3n) is 1.98. The van der Waals surface area contributed by atoms with E-state index in [1.165, 1.54) is 6.33 Å². The van der Waals surface area contributed by atoms with Gasteiger partial charge in [-0.2, -0.15) is 5.26 Å². The molecule has 0 amide bonds. The number of nitriles is 1. The van der Waals surface area contributed by atoms with Gasteiger partial charge in [0, 0.05) is 0 Å². The Labute approximate surface area is 101 Å². The second-order valence-corrected chi connectivity index (χ2v) is 3.44. The lowest BCUT2D eigenvalue weighted by Gasteiger charge is -2.06. The summed E-state index contributed by atoms with van der Waals surface area (Å²) < 4.78 is 5.33. The van der Waals surface area contributed by atoms with Crippen molar-refractivity contribution < 1.29 is 4.74 Å². The van der Waals surface area contributed by atoms with Crippen LogP contribution in [0.5, 0.6) is 11.6 Å². The Morgan fingerprint density at radius 3 is 2.94 bits per heavy atom. The van der Waals surface area contributed by atoms with Crippen molar-refractivity contribution in [2.75, 3.05) is 0 Å². The van der Waals surface area contributed by atoms with Crippen molar-refractivity contribution in [1.29, 1.82) is 5.26 Å². The van der Waals surface area contributed by atoms with Crippen LogP contribution in [0.15, 0.2) is 35.4 Å². The maximum absolute atomic E-state index is 11.2. The van der Waals surface area contributed by atoms with Gasteiger partial charge in [-0.15, -0.1) is 0 Å². The Kier molecular flexibility index (Phi) is 3.08. The van der Waals surface area contributed by atoms with Crippen LogP contribution < -0.4 is 10.3 Å². The van der Waals surface area contributed by atoms with Crippen molar-refractivity contribution in [3.8, 4) is 17.7 Å². The van der Waals surface area contributed by atoms with Crippen LogP contribution in [-0.4, -0.2) is 9.97 Å². The number of para-hydroxylation sites is 1. The van der Waals surface area contributed by atoms with Crippen LogP contribution in [-0.2, 0) is 0 Å². The first kappa shape index (κ1) is 11.2. The molecule has 2 rings (SSSR count). The molecular weight excluding hydrogens is 242 g/mol. The van der Waals surface area contributed by atoms with Crippen LogP contribution in [0, 0.1) is 11.3 Å². The minimum Gasteiger partial charge on any atom is -0.436 e. The number of hydrogen-bond donors (Lipinski definition) is 1. The highest BCUT2D eigenvalue weighted by atomic mass is 35.5. The number of ether oxygens (including phenoxy) is 1. The van der Waals surface area contributed by atoms with E-state index < -0.39 is 5.56 Å². The molecule has 84 valence electrons. The van der Waals surface area contributed by atoms with Crippen LogP contribution in [0.1, 0.15) is 5.56 Å². The summed E-state index contributed by atoms with van der Waals surface area (Å²) in [5.41, 5.74) is -0.156. The quantitative estimate of drug-likeness (QED) is 0.881. The van der Waals surface area contributed by atoms with Crippen molar-refractivity contribution in [3.05, 3.63) is 51.5 Å². The lowest BCUT2D eigenvalue weighted by atomic mass is 10.2. The minimum atomic E-state index is -0.494. The SMILES string of the molecule is N#Cc1ccccc1Oc1nc[nH]c(=O)c1Cl. The normalized spacial score (nSPS) is 9.65. The fourth-order valence-electron chi connectivity index (χ4n) is 1.19. The van der Waals surface area contributed by atoms with Crippen molar-refractivity contribution in [2.45, 2.75) is 0 Å². The van der Waals surface area contributed by atoms with Gasteiger partial charge < -0.3 is 9.72 Å². The molecule has 0 aliphatic carbocycles. The van der Waals surface area contributed by atoms with E-state index >= 15 is 0 Å². The van der Waals surface area contributed by atoms with Gasteiger partial charge in [0.2, 0.25) is 5.88 Å². The molecule has 0 spiro atoms. The molecule has 5 nitrogen and oxygen atoms in total. The lowest BCUT2D eigenvalue weighted by Crippen LogP contribution is -2.08. The van der Waals surface area contributed by atoms with Crippen molar-refractivity contribution in [1.82, 2.24) is 9.97 Å². The number of rotatable bonds is 2. The number of hydrogen-bond acceptors (Lipinski definition) is 4. The smallest absolute Gasteiger partial charge is 0.273 e. The monoisotopic (exact) mass is 247 g/mol. The van der Waals surface area contributed by atoms with E-state index in [-0.39, 0.29) is 10.9 Å². The maximum atomic E-state index is 11.2. The van der Waals surface area contributed by atoms with E-state index in [9.17, 15) is 4.79 Å². The third kappa shape index (κ3) is 2.27. The fraction of sp³-hybridized carbons (Fsp3) is 0. The number of nitrogens with zero attached hydrogens (tertiary/aromatic N) is 2. The number of halogens is 1. The standard InChI is InChI=1S/C11H6ClN3O2/c12-9-10(16)14-6-15-11(9)17-8-4-2-1-3-7(8)5-13/h1-4,6H,(H,14,15,16). The average molecular weight is 248 g/mol. The number of aromatic nitrogens is 2. The molecular formula is C11H6ClN3O2. The van der Waals surface area contributed by atoms with Gasteiger partial charge in [-0.3, -0.25) is 4.79 Å². The summed E-state index contributed by atoms with van der Waals surface area (Å²) in [6, 6.07) is 8.57. The summed E-state index contributed by atoms with van der Waals surface area (Å²) in [5, 5.41) is 8.72. The molecule has 0 saturated carbocycles. The molecule has 6 heteroatoms. The first-order chi connectivity index (χ1) is 8.22. The topological polar surface area (TPSA) is 78.8 Å². The van der Waals surface area contributed by atoms with Crippen LogP contribution in [0.4, 0.5) is 0 Å². The number of nitrogens with one attached hydrogen (secondary N) is 1. The van der Waals surface area contributed by atoms with Gasteiger partial charge in [0.15, 0.2) is 5.02 Å². The Bertz CT molecular complexity index is 646. The first-order valence-electron chi connectivity index (χ1n) is 4.62. The molecule has 0 aliphatic heterocycles. The van der Waals surface area contributed by atoms with Crippen molar-refractivity contribution in [3.63, 3.8) is 0 Å². The third-order valence-corrected chi connectivity index (χ3v) is 2.31. The average Bonchev–Trinajstić information content (AvgIpc) is 2.35. The molecule has 1 heterocycles. The molecule has 0 unspecified atom stereocenters. The van der Waals surface area contributed by atoms with Crippen LogP contribution >= 0.6 is 11.6 Å². The summed E-state index contributed by atoms with van der Waals surface area (Å²) >= 11 is 5.72. The Balaban J connectivity index is 2.42. The van der Waals surface area contributed by atoms with Gasteiger partial charge >= 0.3 is 0 Å². The summed E-state index contributed by atoms with van der Waals surface area (Å²) in [6.45, 7) is 0. The molecule has 0 saturated heterocycles. The van der Waals surface area contributed by atoms with Gasteiger partial charge in [0.05, 0.1) is 11.9 Å². The second-order valence-electron chi connectivity index (χ2n) is 3.06. The minimum absolute atomic E-state index is 0.0295. The Hall–Kier alpha value is -2.32. The summed E-state index contributed by atoms with van der Waals surface area (Å²) in [6.07, 6.45) is 1.18. The Morgan fingerprint density at radius 2 is 2.18 bits per heavy atom. The number of H-pyrrole nitrogens is 1. The number of aromatic amines is 1. The van der Waals surface area contributed by atoms with Crippen molar-refractivity contribution in [2.24, 2.45) is 0 Å². The van der Waals surface area contributed by atoms with E-state index in [0.717, 1.165) is 0 Å². The van der Waals surface area contributed by atoms with Gasteiger partial charge in [-0.1, -0.05) is 23.7 Å². The summed E-state index contributed by atoms with van der Waals surface area (Å²) in [7, 11) is 0. The molecule has 17 heavy (non-hydrogen) atoms. The van der Waals surface area contributed by atoms with Gasteiger partial charge in [-0.05, 0) is 12.1 Å². The molecule has 0 atom stereocenters. The predicted molar refractivity (Wildman–Crippen MR) is 61.1 cm³/mol. The molecule has 0 radical (unpaired) electrons. The van der Waals surface area contributed by atoms with E-state index in [4.69, 9.17) is 21.6 Å². The molecule has 0 aliphatic rings. The molecule has 1 aromatic carbocycles. The molecule has 1 N–H and O–H groups in total. The molecule has 2 aromatic rings. The van der Waals surface area contributed by atoms with Gasteiger partial charge in [0.1, 0.15) is 11.8 Å². The molecule has 1 aromatic heterocycles. The maximum Gasteiger partial charge on any atom is 0.273 e. The van der Waals surface area contributed by atoms with Crippen LogP contribution in [0.25, 0.3) is 0 Å².